The van der Waals surface area contributed by atoms with Gasteiger partial charge in [-0.3, -0.25) is 4.79 Å². The largest absolute Gasteiger partial charge is 0.396 e. The summed E-state index contributed by atoms with van der Waals surface area (Å²) in [6.45, 7) is 0.860. The monoisotopic (exact) mass is 329 g/mol. The van der Waals surface area contributed by atoms with E-state index >= 15 is 0 Å². The van der Waals surface area contributed by atoms with E-state index in [1.807, 2.05) is 6.07 Å². The molecule has 116 valence electrons. The van der Waals surface area contributed by atoms with E-state index in [4.69, 9.17) is 23.2 Å². The van der Waals surface area contributed by atoms with Crippen LogP contribution in [0.3, 0.4) is 0 Å². The first kappa shape index (κ1) is 16.6. The Morgan fingerprint density at radius 1 is 1.19 bits per heavy atom. The number of rotatable bonds is 5. The van der Waals surface area contributed by atoms with E-state index in [-0.39, 0.29) is 12.5 Å². The van der Waals surface area contributed by atoms with Crippen LogP contribution in [0, 0.1) is 11.8 Å². The number of aliphatic hydroxyl groups is 1. The Bertz CT molecular complexity index is 493. The van der Waals surface area contributed by atoms with Gasteiger partial charge in [-0.05, 0) is 42.4 Å². The molecule has 0 spiro atoms. The third-order valence-electron chi connectivity index (χ3n) is 4.21. The summed E-state index contributed by atoms with van der Waals surface area (Å²) >= 11 is 11.8. The minimum atomic E-state index is -0.0179. The molecule has 3 nitrogen and oxygen atoms in total. The lowest BCUT2D eigenvalue weighted by Crippen LogP contribution is -2.36. The zero-order valence-electron chi connectivity index (χ0n) is 11.9. The van der Waals surface area contributed by atoms with Crippen molar-refractivity contribution in [3.63, 3.8) is 0 Å². The van der Waals surface area contributed by atoms with E-state index in [1.165, 1.54) is 12.8 Å². The lowest BCUT2D eigenvalue weighted by Gasteiger charge is -2.30. The van der Waals surface area contributed by atoms with E-state index in [0.717, 1.165) is 18.4 Å². The van der Waals surface area contributed by atoms with Gasteiger partial charge in [-0.1, -0.05) is 42.1 Å². The lowest BCUT2D eigenvalue weighted by molar-refractivity contribution is -0.120. The second kappa shape index (κ2) is 8.02. The van der Waals surface area contributed by atoms with Crippen LogP contribution in [0.1, 0.15) is 31.2 Å². The molecule has 1 aliphatic carbocycles. The molecule has 0 saturated heterocycles. The van der Waals surface area contributed by atoms with Crippen molar-refractivity contribution >= 4 is 29.1 Å². The molecule has 2 atom stereocenters. The van der Waals surface area contributed by atoms with Crippen LogP contribution in [0.25, 0.3) is 0 Å². The molecule has 1 aliphatic rings. The molecule has 0 aliphatic heterocycles. The number of hydrogen-bond donors (Lipinski definition) is 2. The first-order chi connectivity index (χ1) is 10.1. The van der Waals surface area contributed by atoms with E-state index in [0.29, 0.717) is 34.8 Å². The van der Waals surface area contributed by atoms with Crippen molar-refractivity contribution in [1.82, 2.24) is 5.32 Å². The molecule has 0 radical (unpaired) electrons. The Kier molecular flexibility index (Phi) is 6.34. The van der Waals surface area contributed by atoms with Crippen LogP contribution in [-0.2, 0) is 11.2 Å². The molecule has 1 saturated carbocycles. The third kappa shape index (κ3) is 4.87. The quantitative estimate of drug-likeness (QED) is 0.869. The second-order valence-corrected chi connectivity index (χ2v) is 6.53. The van der Waals surface area contributed by atoms with Gasteiger partial charge in [-0.2, -0.15) is 0 Å². The molecule has 1 aromatic carbocycles. The molecule has 2 rings (SSSR count). The number of benzene rings is 1. The molecule has 2 N–H and O–H groups in total. The molecule has 2 unspecified atom stereocenters. The first-order valence-electron chi connectivity index (χ1n) is 7.41. The van der Waals surface area contributed by atoms with Gasteiger partial charge in [0.2, 0.25) is 5.91 Å². The predicted molar refractivity (Wildman–Crippen MR) is 85.7 cm³/mol. The molecule has 5 heteroatoms. The summed E-state index contributed by atoms with van der Waals surface area (Å²) in [7, 11) is 0. The number of nitrogens with one attached hydrogen (secondary N) is 1. The van der Waals surface area contributed by atoms with Crippen molar-refractivity contribution in [1.29, 1.82) is 0 Å². The highest BCUT2D eigenvalue weighted by atomic mass is 35.5. The average Bonchev–Trinajstić information content (AvgIpc) is 2.49. The maximum atomic E-state index is 12.0. The van der Waals surface area contributed by atoms with E-state index in [2.05, 4.69) is 5.32 Å². The molecule has 0 aromatic heterocycles. The van der Waals surface area contributed by atoms with Crippen LogP contribution in [0.5, 0.6) is 0 Å². The summed E-state index contributed by atoms with van der Waals surface area (Å²) in [5, 5.41) is 13.3. The number of halogens is 2. The molecule has 1 aromatic rings. The van der Waals surface area contributed by atoms with E-state index in [1.54, 1.807) is 12.1 Å². The fourth-order valence-corrected chi connectivity index (χ4v) is 3.26. The van der Waals surface area contributed by atoms with Gasteiger partial charge in [-0.15, -0.1) is 0 Å². The number of carbonyl (C=O) groups is 1. The summed E-state index contributed by atoms with van der Waals surface area (Å²) in [6.07, 6.45) is 4.80. The van der Waals surface area contributed by atoms with E-state index < -0.39 is 0 Å². The minimum Gasteiger partial charge on any atom is -0.396 e. The maximum absolute atomic E-state index is 12.0. The zero-order chi connectivity index (χ0) is 15.2. The van der Waals surface area contributed by atoms with Crippen LogP contribution in [-0.4, -0.2) is 24.2 Å². The van der Waals surface area contributed by atoms with Crippen LogP contribution in [0.2, 0.25) is 10.0 Å². The van der Waals surface area contributed by atoms with Crippen molar-refractivity contribution in [2.45, 2.75) is 32.1 Å². The van der Waals surface area contributed by atoms with Gasteiger partial charge in [-0.25, -0.2) is 0 Å². The number of amides is 1. The van der Waals surface area contributed by atoms with Gasteiger partial charge in [0.05, 0.1) is 16.5 Å². The Hall–Kier alpha value is -0.770. The molecular weight excluding hydrogens is 309 g/mol. The molecule has 0 heterocycles. The lowest BCUT2D eigenvalue weighted by atomic mass is 9.79. The fourth-order valence-electron chi connectivity index (χ4n) is 2.94. The van der Waals surface area contributed by atoms with Gasteiger partial charge < -0.3 is 10.4 Å². The highest BCUT2D eigenvalue weighted by Crippen LogP contribution is 2.29. The summed E-state index contributed by atoms with van der Waals surface area (Å²) in [4.78, 5) is 12.0. The van der Waals surface area contributed by atoms with Gasteiger partial charge in [0.25, 0.3) is 0 Å². The van der Waals surface area contributed by atoms with Crippen molar-refractivity contribution in [3.8, 4) is 0 Å². The SMILES string of the molecule is O=C(Cc1ccc(Cl)c(Cl)c1)NCC1CCCCC1CO. The average molecular weight is 330 g/mol. The third-order valence-corrected chi connectivity index (χ3v) is 4.95. The Morgan fingerprint density at radius 3 is 2.57 bits per heavy atom. The zero-order valence-corrected chi connectivity index (χ0v) is 13.5. The summed E-state index contributed by atoms with van der Waals surface area (Å²) in [6, 6.07) is 5.24. The van der Waals surface area contributed by atoms with Gasteiger partial charge in [0.1, 0.15) is 0 Å². The molecule has 0 bridgehead atoms. The van der Waals surface area contributed by atoms with Crippen LogP contribution in [0.15, 0.2) is 18.2 Å². The second-order valence-electron chi connectivity index (χ2n) is 5.72. The van der Waals surface area contributed by atoms with Gasteiger partial charge in [0, 0.05) is 13.2 Å². The molecule has 1 amide bonds. The highest BCUT2D eigenvalue weighted by Gasteiger charge is 2.24. The van der Waals surface area contributed by atoms with E-state index in [9.17, 15) is 9.90 Å². The minimum absolute atomic E-state index is 0.0179. The topological polar surface area (TPSA) is 49.3 Å². The summed E-state index contributed by atoms with van der Waals surface area (Å²) in [5.41, 5.74) is 0.851. The smallest absolute Gasteiger partial charge is 0.224 e. The van der Waals surface area contributed by atoms with Gasteiger partial charge in [0.15, 0.2) is 0 Å². The van der Waals surface area contributed by atoms with Gasteiger partial charge >= 0.3 is 0 Å². The molecular formula is C16H21Cl2NO2. The number of carbonyl (C=O) groups excluding carboxylic acids is 1. The van der Waals surface area contributed by atoms with Crippen molar-refractivity contribution in [3.05, 3.63) is 33.8 Å². The van der Waals surface area contributed by atoms with Crippen LogP contribution < -0.4 is 5.32 Å². The molecule has 21 heavy (non-hydrogen) atoms. The number of aliphatic hydroxyl groups excluding tert-OH is 1. The van der Waals surface area contributed by atoms with Crippen LogP contribution in [0.4, 0.5) is 0 Å². The highest BCUT2D eigenvalue weighted by molar-refractivity contribution is 6.42. The van der Waals surface area contributed by atoms with Crippen molar-refractivity contribution in [2.75, 3.05) is 13.2 Å². The maximum Gasteiger partial charge on any atom is 0.224 e. The van der Waals surface area contributed by atoms with Crippen molar-refractivity contribution < 1.29 is 9.90 Å². The Labute approximate surface area is 135 Å². The Balaban J connectivity index is 1.82. The molecule has 1 fully saturated rings. The normalized spacial score (nSPS) is 22.0. The number of hydrogen-bond acceptors (Lipinski definition) is 2. The predicted octanol–water partition coefficient (Wildman–Crippen LogP) is 3.45. The summed E-state index contributed by atoms with van der Waals surface area (Å²) < 4.78 is 0. The Morgan fingerprint density at radius 2 is 1.90 bits per heavy atom. The van der Waals surface area contributed by atoms with Crippen molar-refractivity contribution in [2.24, 2.45) is 11.8 Å². The fraction of sp³-hybridized carbons (Fsp3) is 0.562. The summed E-state index contributed by atoms with van der Waals surface area (Å²) in [5.74, 6) is 0.696. The van der Waals surface area contributed by atoms with Crippen LogP contribution >= 0.6 is 23.2 Å². The standard InChI is InChI=1S/C16H21Cl2NO2/c17-14-6-5-11(7-15(14)18)8-16(21)19-9-12-3-1-2-4-13(12)10-20/h5-7,12-13,20H,1-4,8-10H2,(H,19,21). The first-order valence-corrected chi connectivity index (χ1v) is 8.17.